The molecule has 4 fully saturated rings. The lowest BCUT2D eigenvalue weighted by Crippen LogP contribution is -2.47. The molecule has 25 heavy (non-hydrogen) atoms. The predicted molar refractivity (Wildman–Crippen MR) is 95.3 cm³/mol. The highest BCUT2D eigenvalue weighted by atomic mass is 16.4. The first kappa shape index (κ1) is 15.2. The topological polar surface area (TPSA) is 66.0 Å². The molecule has 4 aliphatic carbocycles. The van der Waals surface area contributed by atoms with E-state index in [0.29, 0.717) is 11.2 Å². The van der Waals surface area contributed by atoms with E-state index in [-0.39, 0.29) is 5.69 Å². The van der Waals surface area contributed by atoms with Gasteiger partial charge in [-0.25, -0.2) is 9.78 Å². The molecule has 4 nitrogen and oxygen atoms in total. The van der Waals surface area contributed by atoms with Gasteiger partial charge < -0.3 is 10.1 Å². The molecule has 1 aromatic carbocycles. The Morgan fingerprint density at radius 1 is 1.08 bits per heavy atom. The molecule has 1 aromatic heterocycles. The number of aromatic amines is 1. The van der Waals surface area contributed by atoms with E-state index in [4.69, 9.17) is 0 Å². The summed E-state index contributed by atoms with van der Waals surface area (Å²) in [7, 11) is 0. The number of hydrogen-bond donors (Lipinski definition) is 2. The first-order chi connectivity index (χ1) is 12.1. The molecule has 0 spiro atoms. The number of rotatable bonds is 4. The number of H-pyrrole nitrogens is 1. The minimum atomic E-state index is -0.918. The summed E-state index contributed by atoms with van der Waals surface area (Å²) in [5, 5.41) is 9.66. The van der Waals surface area contributed by atoms with Crippen LogP contribution < -0.4 is 0 Å². The SMILES string of the molecule is O=C(O)c1nc(-c2ccccc2)[nH]c1CC12CC3CC(CC(C3)C1)C2. The lowest BCUT2D eigenvalue weighted by Gasteiger charge is -2.57. The van der Waals surface area contributed by atoms with Crippen LogP contribution in [0, 0.1) is 23.2 Å². The first-order valence-electron chi connectivity index (χ1n) is 9.48. The fraction of sp³-hybridized carbons (Fsp3) is 0.524. The summed E-state index contributed by atoms with van der Waals surface area (Å²) in [6.45, 7) is 0. The highest BCUT2D eigenvalue weighted by Crippen LogP contribution is 2.61. The summed E-state index contributed by atoms with van der Waals surface area (Å²) in [6, 6.07) is 9.81. The van der Waals surface area contributed by atoms with E-state index < -0.39 is 5.97 Å². The van der Waals surface area contributed by atoms with Crippen LogP contribution in [0.15, 0.2) is 30.3 Å². The summed E-state index contributed by atoms with van der Waals surface area (Å²) in [6.07, 6.45) is 8.89. The van der Waals surface area contributed by atoms with Gasteiger partial charge in [-0.05, 0) is 68.1 Å². The van der Waals surface area contributed by atoms with E-state index in [0.717, 1.165) is 35.4 Å². The van der Waals surface area contributed by atoms with Crippen LogP contribution in [-0.2, 0) is 6.42 Å². The van der Waals surface area contributed by atoms with Gasteiger partial charge in [0, 0.05) is 5.56 Å². The number of aromatic nitrogens is 2. The van der Waals surface area contributed by atoms with E-state index >= 15 is 0 Å². The van der Waals surface area contributed by atoms with Crippen molar-refractivity contribution in [1.29, 1.82) is 0 Å². The number of carboxylic acids is 1. The number of nitrogens with one attached hydrogen (secondary N) is 1. The van der Waals surface area contributed by atoms with Crippen LogP contribution in [0.4, 0.5) is 0 Å². The van der Waals surface area contributed by atoms with Gasteiger partial charge in [0.1, 0.15) is 5.82 Å². The van der Waals surface area contributed by atoms with Crippen molar-refractivity contribution in [3.63, 3.8) is 0 Å². The van der Waals surface area contributed by atoms with Gasteiger partial charge in [-0.3, -0.25) is 0 Å². The van der Waals surface area contributed by atoms with Gasteiger partial charge in [0.25, 0.3) is 0 Å². The summed E-state index contributed by atoms with van der Waals surface area (Å²) < 4.78 is 0. The number of nitrogens with zero attached hydrogens (tertiary/aromatic N) is 1. The second-order valence-corrected chi connectivity index (χ2v) is 8.68. The highest BCUT2D eigenvalue weighted by Gasteiger charge is 2.51. The van der Waals surface area contributed by atoms with E-state index in [9.17, 15) is 9.90 Å². The zero-order valence-electron chi connectivity index (χ0n) is 14.4. The normalized spacial score (nSPS) is 32.9. The minimum absolute atomic E-state index is 0.217. The molecule has 2 aromatic rings. The smallest absolute Gasteiger partial charge is 0.356 e. The quantitative estimate of drug-likeness (QED) is 0.862. The molecule has 4 heteroatoms. The van der Waals surface area contributed by atoms with Gasteiger partial charge in [-0.1, -0.05) is 30.3 Å². The van der Waals surface area contributed by atoms with E-state index in [1.807, 2.05) is 30.3 Å². The summed E-state index contributed by atoms with van der Waals surface area (Å²) >= 11 is 0. The summed E-state index contributed by atoms with van der Waals surface area (Å²) in [5.74, 6) is 2.37. The lowest BCUT2D eigenvalue weighted by atomic mass is 9.48. The molecule has 1 heterocycles. The van der Waals surface area contributed by atoms with Crippen molar-refractivity contribution in [3.8, 4) is 11.4 Å². The third kappa shape index (κ3) is 2.59. The van der Waals surface area contributed by atoms with Gasteiger partial charge in [0.05, 0.1) is 5.69 Å². The molecule has 130 valence electrons. The fourth-order valence-electron chi connectivity index (χ4n) is 6.33. The monoisotopic (exact) mass is 336 g/mol. The third-order valence-corrected chi connectivity index (χ3v) is 6.75. The standard InChI is InChI=1S/C21H24N2O2/c24-20(25)18-17(22-19(23-18)16-4-2-1-3-5-16)12-21-9-13-6-14(10-21)8-15(7-13)11-21/h1-5,13-15H,6-12H2,(H,22,23)(H,24,25). The van der Waals surface area contributed by atoms with E-state index in [2.05, 4.69) is 9.97 Å². The van der Waals surface area contributed by atoms with Gasteiger partial charge in [0.2, 0.25) is 0 Å². The molecule has 0 atom stereocenters. The predicted octanol–water partition coefficient (Wildman–Crippen LogP) is 4.53. The van der Waals surface area contributed by atoms with Crippen molar-refractivity contribution in [2.24, 2.45) is 23.2 Å². The number of imidazole rings is 1. The second-order valence-electron chi connectivity index (χ2n) is 8.68. The summed E-state index contributed by atoms with van der Waals surface area (Å²) in [5.41, 5.74) is 2.30. The van der Waals surface area contributed by atoms with Crippen molar-refractivity contribution in [2.75, 3.05) is 0 Å². The van der Waals surface area contributed by atoms with Crippen molar-refractivity contribution in [1.82, 2.24) is 9.97 Å². The van der Waals surface area contributed by atoms with Crippen LogP contribution >= 0.6 is 0 Å². The van der Waals surface area contributed by atoms with Crippen LogP contribution in [0.25, 0.3) is 11.4 Å². The average Bonchev–Trinajstić information content (AvgIpc) is 2.98. The minimum Gasteiger partial charge on any atom is -0.476 e. The third-order valence-electron chi connectivity index (χ3n) is 6.75. The van der Waals surface area contributed by atoms with Gasteiger partial charge >= 0.3 is 5.97 Å². The largest absolute Gasteiger partial charge is 0.476 e. The van der Waals surface area contributed by atoms with E-state index in [1.165, 1.54) is 38.5 Å². The van der Waals surface area contributed by atoms with Gasteiger partial charge in [-0.2, -0.15) is 0 Å². The maximum atomic E-state index is 11.8. The molecule has 2 N–H and O–H groups in total. The van der Waals surface area contributed by atoms with E-state index in [1.54, 1.807) is 0 Å². The number of carbonyl (C=O) groups is 1. The van der Waals surface area contributed by atoms with Crippen LogP contribution in [0.1, 0.15) is 54.7 Å². The van der Waals surface area contributed by atoms with Crippen molar-refractivity contribution in [3.05, 3.63) is 41.7 Å². The molecule has 4 saturated carbocycles. The molecule has 0 amide bonds. The number of hydrogen-bond acceptors (Lipinski definition) is 2. The fourth-order valence-corrected chi connectivity index (χ4v) is 6.33. The molecular weight excluding hydrogens is 312 g/mol. The molecule has 4 aliphatic rings. The number of benzene rings is 1. The molecule has 4 bridgehead atoms. The molecule has 0 aliphatic heterocycles. The van der Waals surface area contributed by atoms with Crippen LogP contribution in [-0.4, -0.2) is 21.0 Å². The molecule has 0 radical (unpaired) electrons. The number of aromatic carboxylic acids is 1. The Balaban J connectivity index is 1.49. The first-order valence-corrected chi connectivity index (χ1v) is 9.48. The lowest BCUT2D eigenvalue weighted by molar-refractivity contribution is -0.0526. The Morgan fingerprint density at radius 2 is 1.68 bits per heavy atom. The Hall–Kier alpha value is -2.10. The zero-order valence-corrected chi connectivity index (χ0v) is 14.4. The maximum Gasteiger partial charge on any atom is 0.356 e. The number of carboxylic acid groups (broad SMARTS) is 1. The average molecular weight is 336 g/mol. The van der Waals surface area contributed by atoms with Crippen LogP contribution in [0.5, 0.6) is 0 Å². The Morgan fingerprint density at radius 3 is 2.24 bits per heavy atom. The second kappa shape index (κ2) is 5.45. The van der Waals surface area contributed by atoms with Crippen molar-refractivity contribution >= 4 is 5.97 Å². The Labute approximate surface area is 147 Å². The zero-order chi connectivity index (χ0) is 17.0. The highest BCUT2D eigenvalue weighted by molar-refractivity contribution is 5.87. The Kier molecular flexibility index (Phi) is 3.31. The molecular formula is C21H24N2O2. The maximum absolute atomic E-state index is 11.8. The molecule has 0 unspecified atom stereocenters. The summed E-state index contributed by atoms with van der Waals surface area (Å²) in [4.78, 5) is 19.6. The molecule has 6 rings (SSSR count). The van der Waals surface area contributed by atoms with Crippen LogP contribution in [0.3, 0.4) is 0 Å². The Bertz CT molecular complexity index is 773. The van der Waals surface area contributed by atoms with Crippen molar-refractivity contribution in [2.45, 2.75) is 44.9 Å². The van der Waals surface area contributed by atoms with Crippen molar-refractivity contribution < 1.29 is 9.90 Å². The van der Waals surface area contributed by atoms with Crippen LogP contribution in [0.2, 0.25) is 0 Å². The van der Waals surface area contributed by atoms with Gasteiger partial charge in [-0.15, -0.1) is 0 Å². The molecule has 0 saturated heterocycles. The van der Waals surface area contributed by atoms with Gasteiger partial charge in [0.15, 0.2) is 5.69 Å².